The van der Waals surface area contributed by atoms with Gasteiger partial charge in [-0.3, -0.25) is 10.2 Å². The molecule has 2 aromatic carbocycles. The average Bonchev–Trinajstić information content (AvgIpc) is 2.83. The van der Waals surface area contributed by atoms with Gasteiger partial charge >= 0.3 is 0 Å². The van der Waals surface area contributed by atoms with Crippen molar-refractivity contribution in [3.63, 3.8) is 0 Å². The van der Waals surface area contributed by atoms with Crippen LogP contribution in [-0.4, -0.2) is 16.7 Å². The number of hydrazone groups is 1. The van der Waals surface area contributed by atoms with Crippen molar-refractivity contribution in [2.45, 2.75) is 0 Å². The summed E-state index contributed by atoms with van der Waals surface area (Å²) < 4.78 is 0. The highest BCUT2D eigenvalue weighted by Gasteiger charge is 2.25. The first-order chi connectivity index (χ1) is 10.6. The molecule has 0 aromatic heterocycles. The van der Waals surface area contributed by atoms with E-state index >= 15 is 0 Å². The van der Waals surface area contributed by atoms with Crippen LogP contribution in [0.1, 0.15) is 5.56 Å². The van der Waals surface area contributed by atoms with Crippen molar-refractivity contribution in [2.75, 3.05) is 10.6 Å². The largest absolute Gasteiger partial charge is 0.331 e. The van der Waals surface area contributed by atoms with Crippen LogP contribution in [0.2, 0.25) is 5.02 Å². The highest BCUT2D eigenvalue weighted by Crippen LogP contribution is 2.22. The van der Waals surface area contributed by atoms with Crippen LogP contribution < -0.4 is 16.1 Å². The second-order valence-electron chi connectivity index (χ2n) is 4.53. The van der Waals surface area contributed by atoms with Gasteiger partial charge in [0.2, 0.25) is 0 Å². The van der Waals surface area contributed by atoms with Crippen molar-refractivity contribution < 1.29 is 4.79 Å². The van der Waals surface area contributed by atoms with E-state index in [9.17, 15) is 4.79 Å². The summed E-state index contributed by atoms with van der Waals surface area (Å²) in [6, 6.07) is 14.4. The minimum absolute atomic E-state index is 0.261. The molecule has 3 rings (SSSR count). The van der Waals surface area contributed by atoms with Crippen LogP contribution in [0.4, 0.5) is 11.4 Å². The maximum atomic E-state index is 11.9. The standard InChI is InChI=1S/C15H11ClN4OS/c16-9-5-7-10(8-6-9)17-15(22)20-19-13-11-3-1-2-4-12(11)18-14(13)21/h1-8H,(H2,17,20,22)(H,18,19,21). The molecule has 0 unspecified atom stereocenters. The first-order valence-corrected chi connectivity index (χ1v) is 7.23. The van der Waals surface area contributed by atoms with E-state index in [1.54, 1.807) is 24.3 Å². The summed E-state index contributed by atoms with van der Waals surface area (Å²) in [5, 5.41) is 10.7. The average molecular weight is 331 g/mol. The zero-order valence-corrected chi connectivity index (χ0v) is 12.8. The Bertz CT molecular complexity index is 773. The molecule has 0 aliphatic carbocycles. The Kier molecular flexibility index (Phi) is 4.04. The fourth-order valence-corrected chi connectivity index (χ4v) is 2.30. The number of thiocarbonyl (C=S) groups is 1. The second-order valence-corrected chi connectivity index (χ2v) is 5.38. The van der Waals surface area contributed by atoms with Crippen LogP contribution in [0, 0.1) is 0 Å². The number of nitrogens with one attached hydrogen (secondary N) is 3. The molecular weight excluding hydrogens is 320 g/mol. The van der Waals surface area contributed by atoms with Gasteiger partial charge in [0.1, 0.15) is 0 Å². The Morgan fingerprint density at radius 3 is 2.64 bits per heavy atom. The Balaban J connectivity index is 1.70. The first kappa shape index (κ1) is 14.5. The number of halogens is 1. The predicted molar refractivity (Wildman–Crippen MR) is 92.4 cm³/mol. The van der Waals surface area contributed by atoms with Crippen LogP contribution in [0.5, 0.6) is 0 Å². The molecule has 110 valence electrons. The summed E-state index contributed by atoms with van der Waals surface area (Å²) in [4.78, 5) is 11.9. The number of fused-ring (bicyclic) bond motifs is 1. The van der Waals surface area contributed by atoms with Gasteiger partial charge in [0.25, 0.3) is 5.91 Å². The van der Waals surface area contributed by atoms with Gasteiger partial charge in [-0.1, -0.05) is 29.8 Å². The van der Waals surface area contributed by atoms with E-state index < -0.39 is 0 Å². The molecule has 2 aromatic rings. The highest BCUT2D eigenvalue weighted by atomic mass is 35.5. The van der Waals surface area contributed by atoms with Crippen LogP contribution >= 0.6 is 23.8 Å². The molecular formula is C15H11ClN4OS. The number of para-hydroxylation sites is 1. The van der Waals surface area contributed by atoms with E-state index in [-0.39, 0.29) is 11.0 Å². The summed E-state index contributed by atoms with van der Waals surface area (Å²) in [6.07, 6.45) is 0. The van der Waals surface area contributed by atoms with Crippen LogP contribution in [0.15, 0.2) is 53.6 Å². The first-order valence-electron chi connectivity index (χ1n) is 6.44. The van der Waals surface area contributed by atoms with E-state index in [4.69, 9.17) is 23.8 Å². The molecule has 1 aliphatic rings. The summed E-state index contributed by atoms with van der Waals surface area (Å²) in [7, 11) is 0. The monoisotopic (exact) mass is 330 g/mol. The molecule has 0 bridgehead atoms. The molecule has 22 heavy (non-hydrogen) atoms. The van der Waals surface area contributed by atoms with Crippen molar-refractivity contribution in [3.8, 4) is 0 Å². The van der Waals surface area contributed by atoms with Crippen molar-refractivity contribution >= 4 is 51.9 Å². The van der Waals surface area contributed by atoms with E-state index in [2.05, 4.69) is 21.2 Å². The lowest BCUT2D eigenvalue weighted by atomic mass is 10.1. The molecule has 0 radical (unpaired) electrons. The molecule has 0 saturated heterocycles. The molecule has 1 aliphatic heterocycles. The third-order valence-corrected chi connectivity index (χ3v) is 3.46. The normalized spacial score (nSPS) is 14.4. The summed E-state index contributed by atoms with van der Waals surface area (Å²) in [5.41, 5.74) is 5.24. The Labute approximate surface area is 137 Å². The van der Waals surface area contributed by atoms with Gasteiger partial charge in [-0.15, -0.1) is 0 Å². The lowest BCUT2D eigenvalue weighted by molar-refractivity contribution is -0.110. The maximum Gasteiger partial charge on any atom is 0.276 e. The zero-order chi connectivity index (χ0) is 15.5. The van der Waals surface area contributed by atoms with E-state index in [0.717, 1.165) is 16.9 Å². The van der Waals surface area contributed by atoms with Crippen molar-refractivity contribution in [1.29, 1.82) is 0 Å². The number of benzene rings is 2. The number of carbonyl (C=O) groups excluding carboxylic acids is 1. The molecule has 0 atom stereocenters. The third-order valence-electron chi connectivity index (χ3n) is 3.02. The van der Waals surface area contributed by atoms with E-state index in [1.807, 2.05) is 24.3 Å². The van der Waals surface area contributed by atoms with Crippen molar-refractivity contribution in [2.24, 2.45) is 5.10 Å². The molecule has 5 nitrogen and oxygen atoms in total. The summed E-state index contributed by atoms with van der Waals surface area (Å²) in [6.45, 7) is 0. The second kappa shape index (κ2) is 6.13. The fraction of sp³-hybridized carbons (Fsp3) is 0. The number of rotatable bonds is 2. The highest BCUT2D eigenvalue weighted by molar-refractivity contribution is 7.80. The zero-order valence-electron chi connectivity index (χ0n) is 11.3. The van der Waals surface area contributed by atoms with Gasteiger partial charge < -0.3 is 10.6 Å². The van der Waals surface area contributed by atoms with Crippen LogP contribution in [-0.2, 0) is 4.79 Å². The van der Waals surface area contributed by atoms with Gasteiger partial charge in [-0.05, 0) is 42.5 Å². The molecule has 7 heteroatoms. The molecule has 1 heterocycles. The quantitative estimate of drug-likeness (QED) is 0.585. The van der Waals surface area contributed by atoms with Crippen LogP contribution in [0.3, 0.4) is 0 Å². The van der Waals surface area contributed by atoms with Crippen molar-refractivity contribution in [1.82, 2.24) is 5.43 Å². The molecule has 3 N–H and O–H groups in total. The molecule has 1 amide bonds. The van der Waals surface area contributed by atoms with Crippen molar-refractivity contribution in [3.05, 3.63) is 59.1 Å². The number of anilines is 2. The SMILES string of the molecule is O=C1Nc2ccccc2/C1=N/NC(=S)Nc1ccc(Cl)cc1. The van der Waals surface area contributed by atoms with Crippen LogP contribution in [0.25, 0.3) is 0 Å². The van der Waals surface area contributed by atoms with E-state index in [1.165, 1.54) is 0 Å². The molecule has 0 saturated carbocycles. The molecule has 0 spiro atoms. The Hall–Kier alpha value is -2.44. The van der Waals surface area contributed by atoms with Gasteiger partial charge in [0.15, 0.2) is 10.8 Å². The number of nitrogens with zero attached hydrogens (tertiary/aromatic N) is 1. The fourth-order valence-electron chi connectivity index (χ4n) is 2.01. The Morgan fingerprint density at radius 1 is 1.14 bits per heavy atom. The third kappa shape index (κ3) is 3.08. The van der Waals surface area contributed by atoms with Gasteiger partial charge in [0.05, 0.1) is 5.69 Å². The minimum atomic E-state index is -0.261. The summed E-state index contributed by atoms with van der Waals surface area (Å²) >= 11 is 11.0. The predicted octanol–water partition coefficient (Wildman–Crippen LogP) is 2.98. The molecule has 0 fully saturated rings. The minimum Gasteiger partial charge on any atom is -0.331 e. The van der Waals surface area contributed by atoms with E-state index in [0.29, 0.717) is 10.7 Å². The Morgan fingerprint density at radius 2 is 1.86 bits per heavy atom. The lowest BCUT2D eigenvalue weighted by Gasteiger charge is -2.07. The number of hydrogen-bond donors (Lipinski definition) is 3. The number of amides is 1. The maximum absolute atomic E-state index is 11.9. The van der Waals surface area contributed by atoms with Gasteiger partial charge in [0, 0.05) is 16.3 Å². The van der Waals surface area contributed by atoms with Gasteiger partial charge in [-0.2, -0.15) is 5.10 Å². The topological polar surface area (TPSA) is 65.5 Å². The van der Waals surface area contributed by atoms with Gasteiger partial charge in [-0.25, -0.2) is 0 Å². The number of hydrogen-bond acceptors (Lipinski definition) is 3. The summed E-state index contributed by atoms with van der Waals surface area (Å²) in [5.74, 6) is -0.261. The number of carbonyl (C=O) groups is 1. The lowest BCUT2D eigenvalue weighted by Crippen LogP contribution is -2.27. The smallest absolute Gasteiger partial charge is 0.276 e.